The molecule has 1 N–H and O–H groups in total. The second kappa shape index (κ2) is 8.16. The molecule has 128 valence electrons. The van der Waals surface area contributed by atoms with Gasteiger partial charge in [0.2, 0.25) is 0 Å². The largest absolute Gasteiger partial charge is 0.378 e. The normalized spacial score (nSPS) is 28.4. The third-order valence-electron chi connectivity index (χ3n) is 4.56. The van der Waals surface area contributed by atoms with Crippen LogP contribution in [0.3, 0.4) is 0 Å². The Bertz CT molecular complexity index is 360. The van der Waals surface area contributed by atoms with E-state index >= 15 is 0 Å². The number of ether oxygens (including phenoxy) is 2. The van der Waals surface area contributed by atoms with Gasteiger partial charge in [0.05, 0.1) is 17.8 Å². The maximum absolute atomic E-state index is 12.3. The Morgan fingerprint density at radius 3 is 2.82 bits per heavy atom. The van der Waals surface area contributed by atoms with E-state index in [-0.39, 0.29) is 17.7 Å². The highest BCUT2D eigenvalue weighted by Gasteiger charge is 2.32. The van der Waals surface area contributed by atoms with Crippen LogP contribution in [0.1, 0.15) is 59.3 Å². The quantitative estimate of drug-likeness (QED) is 0.849. The van der Waals surface area contributed by atoms with Gasteiger partial charge in [0, 0.05) is 26.2 Å². The lowest BCUT2D eigenvalue weighted by molar-refractivity contribution is -0.0135. The van der Waals surface area contributed by atoms with Crippen molar-refractivity contribution in [3.63, 3.8) is 0 Å². The predicted octanol–water partition coefficient (Wildman–Crippen LogP) is 2.93. The van der Waals surface area contributed by atoms with Crippen LogP contribution in [0.4, 0.5) is 4.79 Å². The lowest BCUT2D eigenvalue weighted by Gasteiger charge is -2.23. The number of rotatable bonds is 5. The van der Waals surface area contributed by atoms with Crippen LogP contribution in [-0.2, 0) is 9.47 Å². The Morgan fingerprint density at radius 1 is 1.32 bits per heavy atom. The summed E-state index contributed by atoms with van der Waals surface area (Å²) >= 11 is 0. The number of carbonyl (C=O) groups excluding carboxylic acids is 1. The van der Waals surface area contributed by atoms with E-state index in [0.717, 1.165) is 58.2 Å². The number of hydrogen-bond donors (Lipinski definition) is 1. The summed E-state index contributed by atoms with van der Waals surface area (Å²) in [4.78, 5) is 14.2. The Hall–Kier alpha value is -0.810. The summed E-state index contributed by atoms with van der Waals surface area (Å²) in [5.41, 5.74) is -0.0398. The molecule has 0 aromatic carbocycles. The van der Waals surface area contributed by atoms with Gasteiger partial charge < -0.3 is 19.7 Å². The Morgan fingerprint density at radius 2 is 2.14 bits per heavy atom. The van der Waals surface area contributed by atoms with Crippen molar-refractivity contribution >= 4 is 6.03 Å². The molecule has 0 aromatic rings. The van der Waals surface area contributed by atoms with Crippen LogP contribution in [-0.4, -0.2) is 55.0 Å². The van der Waals surface area contributed by atoms with Crippen LogP contribution >= 0.6 is 0 Å². The summed E-state index contributed by atoms with van der Waals surface area (Å²) < 4.78 is 11.7. The third-order valence-corrected chi connectivity index (χ3v) is 4.56. The third kappa shape index (κ3) is 5.43. The van der Waals surface area contributed by atoms with Crippen LogP contribution < -0.4 is 5.32 Å². The van der Waals surface area contributed by atoms with Gasteiger partial charge in [-0.2, -0.15) is 0 Å². The van der Waals surface area contributed by atoms with Crippen molar-refractivity contribution in [3.8, 4) is 0 Å². The van der Waals surface area contributed by atoms with Crippen LogP contribution in [0.5, 0.6) is 0 Å². The first-order valence-corrected chi connectivity index (χ1v) is 8.82. The van der Waals surface area contributed by atoms with Gasteiger partial charge >= 0.3 is 6.03 Å². The smallest absolute Gasteiger partial charge is 0.317 e. The number of nitrogens with zero attached hydrogens (tertiary/aromatic N) is 1. The topological polar surface area (TPSA) is 50.8 Å². The van der Waals surface area contributed by atoms with Gasteiger partial charge in [-0.05, 0) is 52.4 Å². The summed E-state index contributed by atoms with van der Waals surface area (Å²) in [6.45, 7) is 9.41. The molecule has 0 bridgehead atoms. The number of nitrogens with one attached hydrogen (secondary N) is 1. The summed E-state index contributed by atoms with van der Waals surface area (Å²) in [5, 5.41) is 3.04. The molecular formula is C17H32N2O3. The second-order valence-electron chi connectivity index (χ2n) is 7.14. The fraction of sp³-hybridized carbons (Fsp3) is 0.941. The maximum atomic E-state index is 12.3. The molecule has 2 aliphatic rings. The molecule has 2 amide bonds. The summed E-state index contributed by atoms with van der Waals surface area (Å²) in [5.74, 6) is 0. The lowest BCUT2D eigenvalue weighted by Crippen LogP contribution is -2.43. The number of likely N-dealkylation sites (tertiary alicyclic amines) is 1. The number of carbonyl (C=O) groups is 1. The van der Waals surface area contributed by atoms with Crippen molar-refractivity contribution in [2.24, 2.45) is 0 Å². The zero-order valence-corrected chi connectivity index (χ0v) is 14.4. The Kier molecular flexibility index (Phi) is 6.50. The van der Waals surface area contributed by atoms with Gasteiger partial charge in [0.25, 0.3) is 0 Å². The molecule has 0 unspecified atom stereocenters. The molecule has 0 aliphatic carbocycles. The van der Waals surface area contributed by atoms with Crippen LogP contribution in [0.15, 0.2) is 0 Å². The fourth-order valence-corrected chi connectivity index (χ4v) is 3.25. The Labute approximate surface area is 134 Å². The molecule has 22 heavy (non-hydrogen) atoms. The van der Waals surface area contributed by atoms with Crippen molar-refractivity contribution in [2.75, 3.05) is 26.2 Å². The highest BCUT2D eigenvalue weighted by molar-refractivity contribution is 5.74. The number of hydrogen-bond acceptors (Lipinski definition) is 3. The number of amides is 2. The highest BCUT2D eigenvalue weighted by atomic mass is 16.5. The molecule has 0 saturated carbocycles. The second-order valence-corrected chi connectivity index (χ2v) is 7.14. The molecule has 2 fully saturated rings. The van der Waals surface area contributed by atoms with Crippen molar-refractivity contribution in [3.05, 3.63) is 0 Å². The standard InChI is InChI=1S/C17H32N2O3/c1-4-12-21-14-6-5-10-19(11-8-14)16(20)18-13-15-7-9-17(2,3)22-15/h14-15H,4-13H2,1-3H3,(H,18,20)/t14-,15+/m0/s1. The van der Waals surface area contributed by atoms with E-state index in [1.807, 2.05) is 4.90 Å². The van der Waals surface area contributed by atoms with E-state index < -0.39 is 0 Å². The lowest BCUT2D eigenvalue weighted by atomic mass is 10.1. The molecule has 5 heteroatoms. The van der Waals surface area contributed by atoms with Gasteiger partial charge in [0.15, 0.2) is 0 Å². The van der Waals surface area contributed by atoms with Crippen LogP contribution in [0.2, 0.25) is 0 Å². The van der Waals surface area contributed by atoms with Gasteiger partial charge in [-0.3, -0.25) is 0 Å². The average Bonchev–Trinajstić information content (AvgIpc) is 2.70. The van der Waals surface area contributed by atoms with Crippen molar-refractivity contribution in [1.29, 1.82) is 0 Å². The van der Waals surface area contributed by atoms with Crippen molar-refractivity contribution in [1.82, 2.24) is 10.2 Å². The highest BCUT2D eigenvalue weighted by Crippen LogP contribution is 2.28. The molecule has 5 nitrogen and oxygen atoms in total. The fourth-order valence-electron chi connectivity index (χ4n) is 3.25. The van der Waals surface area contributed by atoms with E-state index in [1.54, 1.807) is 0 Å². The zero-order valence-electron chi connectivity index (χ0n) is 14.4. The minimum Gasteiger partial charge on any atom is -0.378 e. The van der Waals surface area contributed by atoms with Crippen LogP contribution in [0.25, 0.3) is 0 Å². The Balaban J connectivity index is 1.69. The first kappa shape index (κ1) is 17.5. The van der Waals surface area contributed by atoms with E-state index in [2.05, 4.69) is 26.1 Å². The molecule has 2 aliphatic heterocycles. The SMILES string of the molecule is CCCO[C@H]1CCCN(C(=O)NC[C@H]2CCC(C)(C)O2)CC1. The monoisotopic (exact) mass is 312 g/mol. The predicted molar refractivity (Wildman–Crippen MR) is 87.0 cm³/mol. The van der Waals surface area contributed by atoms with Gasteiger partial charge in [-0.25, -0.2) is 4.79 Å². The molecule has 2 heterocycles. The van der Waals surface area contributed by atoms with Gasteiger partial charge in [-0.15, -0.1) is 0 Å². The van der Waals surface area contributed by atoms with Crippen molar-refractivity contribution < 1.29 is 14.3 Å². The molecule has 2 atom stereocenters. The van der Waals surface area contributed by atoms with E-state index in [4.69, 9.17) is 9.47 Å². The maximum Gasteiger partial charge on any atom is 0.317 e. The minimum atomic E-state index is -0.0398. The van der Waals surface area contributed by atoms with E-state index in [9.17, 15) is 4.79 Å². The molecule has 0 radical (unpaired) electrons. The zero-order chi connectivity index (χ0) is 16.0. The first-order valence-electron chi connectivity index (χ1n) is 8.82. The first-order chi connectivity index (χ1) is 10.5. The summed E-state index contributed by atoms with van der Waals surface area (Å²) in [7, 11) is 0. The molecule has 0 spiro atoms. The average molecular weight is 312 g/mol. The van der Waals surface area contributed by atoms with Gasteiger partial charge in [0.1, 0.15) is 0 Å². The minimum absolute atomic E-state index is 0.0398. The van der Waals surface area contributed by atoms with Crippen molar-refractivity contribution in [2.45, 2.75) is 77.1 Å². The molecule has 2 saturated heterocycles. The molecule has 0 aromatic heterocycles. The summed E-state index contributed by atoms with van der Waals surface area (Å²) in [6.07, 6.45) is 6.65. The summed E-state index contributed by atoms with van der Waals surface area (Å²) in [6, 6.07) is 0.0458. The molecule has 2 rings (SSSR count). The van der Waals surface area contributed by atoms with Crippen LogP contribution in [0, 0.1) is 0 Å². The molecular weight excluding hydrogens is 280 g/mol. The number of urea groups is 1. The van der Waals surface area contributed by atoms with Gasteiger partial charge in [-0.1, -0.05) is 6.92 Å². The van der Waals surface area contributed by atoms with E-state index in [1.165, 1.54) is 0 Å². The van der Waals surface area contributed by atoms with E-state index in [0.29, 0.717) is 12.6 Å².